The van der Waals surface area contributed by atoms with Crippen molar-refractivity contribution in [2.45, 2.75) is 6.54 Å². The second kappa shape index (κ2) is 3.76. The fraction of sp³-hybridized carbons (Fsp3) is 0.222. The van der Waals surface area contributed by atoms with E-state index < -0.39 is 0 Å². The molecule has 0 aliphatic heterocycles. The van der Waals surface area contributed by atoms with E-state index in [0.717, 1.165) is 6.54 Å². The fourth-order valence-corrected chi connectivity index (χ4v) is 0.897. The van der Waals surface area contributed by atoms with Crippen LogP contribution in [0.15, 0.2) is 30.3 Å². The van der Waals surface area contributed by atoms with Gasteiger partial charge in [0, 0.05) is 13.6 Å². The summed E-state index contributed by atoms with van der Waals surface area (Å²) >= 11 is 0. The topological polar surface area (TPSA) is 27.1 Å². The van der Waals surface area contributed by atoms with E-state index in [1.165, 1.54) is 5.56 Å². The molecule has 2 heteroatoms. The quantitative estimate of drug-likeness (QED) is 0.392. The van der Waals surface area contributed by atoms with Gasteiger partial charge in [0.2, 0.25) is 0 Å². The number of benzene rings is 1. The van der Waals surface area contributed by atoms with Crippen LogP contribution in [0.1, 0.15) is 5.56 Å². The van der Waals surface area contributed by atoms with Crippen molar-refractivity contribution in [3.05, 3.63) is 35.9 Å². The molecule has 0 aliphatic rings. The fourth-order valence-electron chi connectivity index (χ4n) is 0.897. The maximum Gasteiger partial charge on any atom is 0.163 e. The van der Waals surface area contributed by atoms with Crippen molar-refractivity contribution < 1.29 is 0 Å². The Bertz CT molecular complexity index is 218. The summed E-state index contributed by atoms with van der Waals surface area (Å²) in [5.41, 5.74) is 1.20. The maximum atomic E-state index is 6.83. The summed E-state index contributed by atoms with van der Waals surface area (Å²) in [7, 11) is 1.83. The predicted octanol–water partition coefficient (Wildman–Crippen LogP) is 1.60. The van der Waals surface area contributed by atoms with Gasteiger partial charge in [0.05, 0.1) is 0 Å². The lowest BCUT2D eigenvalue weighted by molar-refractivity contribution is 0.513. The first-order valence-electron chi connectivity index (χ1n) is 3.50. The Balaban J connectivity index is 2.57. The Hall–Kier alpha value is -1.31. The summed E-state index contributed by atoms with van der Waals surface area (Å²) in [4.78, 5) is 1.70. The zero-order valence-corrected chi connectivity index (χ0v) is 6.54. The Kier molecular flexibility index (Phi) is 2.66. The van der Waals surface area contributed by atoms with Crippen LogP contribution in [0.5, 0.6) is 0 Å². The summed E-state index contributed by atoms with van der Waals surface area (Å²) in [5.74, 6) is 0. The molecule has 0 saturated carbocycles. The standard InChI is InChI=1S/C9H11N2/c1-11(8-10)7-9-5-3-2-4-6-9/h2-6,10H,7H2,1H3. The molecule has 0 aliphatic carbocycles. The molecule has 0 atom stereocenters. The summed E-state index contributed by atoms with van der Waals surface area (Å²) in [6.07, 6.45) is 2.30. The lowest BCUT2D eigenvalue weighted by Crippen LogP contribution is -2.14. The molecular weight excluding hydrogens is 136 g/mol. The van der Waals surface area contributed by atoms with Gasteiger partial charge >= 0.3 is 0 Å². The number of nitrogens with one attached hydrogen (secondary N) is 1. The van der Waals surface area contributed by atoms with Crippen molar-refractivity contribution in [1.82, 2.24) is 4.90 Å². The van der Waals surface area contributed by atoms with Crippen molar-refractivity contribution >= 4 is 6.34 Å². The number of hydrogen-bond acceptors (Lipinski definition) is 1. The highest BCUT2D eigenvalue weighted by Crippen LogP contribution is 2.00. The first-order valence-corrected chi connectivity index (χ1v) is 3.50. The van der Waals surface area contributed by atoms with Gasteiger partial charge in [-0.3, -0.25) is 5.41 Å². The second-order valence-electron chi connectivity index (χ2n) is 2.45. The molecule has 11 heavy (non-hydrogen) atoms. The number of hydrogen-bond donors (Lipinski definition) is 1. The van der Waals surface area contributed by atoms with E-state index in [0.29, 0.717) is 0 Å². The molecule has 2 nitrogen and oxygen atoms in total. The monoisotopic (exact) mass is 147 g/mol. The predicted molar refractivity (Wildman–Crippen MR) is 45.6 cm³/mol. The van der Waals surface area contributed by atoms with Crippen LogP contribution in [-0.4, -0.2) is 18.3 Å². The van der Waals surface area contributed by atoms with Crippen LogP contribution in [0.2, 0.25) is 0 Å². The summed E-state index contributed by atoms with van der Waals surface area (Å²) in [6.45, 7) is 0.754. The molecule has 0 heterocycles. The third-order valence-corrected chi connectivity index (χ3v) is 1.45. The highest BCUT2D eigenvalue weighted by molar-refractivity contribution is 5.50. The molecule has 1 aromatic carbocycles. The van der Waals surface area contributed by atoms with E-state index in [9.17, 15) is 0 Å². The van der Waals surface area contributed by atoms with Gasteiger partial charge in [0.1, 0.15) is 0 Å². The minimum Gasteiger partial charge on any atom is -0.353 e. The van der Waals surface area contributed by atoms with Crippen LogP contribution >= 0.6 is 0 Å². The first kappa shape index (κ1) is 7.79. The Morgan fingerprint density at radius 1 is 1.36 bits per heavy atom. The maximum absolute atomic E-state index is 6.83. The van der Waals surface area contributed by atoms with Crippen molar-refractivity contribution in [3.63, 3.8) is 0 Å². The van der Waals surface area contributed by atoms with E-state index >= 15 is 0 Å². The van der Waals surface area contributed by atoms with Crippen LogP contribution in [-0.2, 0) is 6.54 Å². The minimum atomic E-state index is 0.754. The molecule has 57 valence electrons. The molecule has 0 amide bonds. The van der Waals surface area contributed by atoms with Crippen LogP contribution in [0.3, 0.4) is 0 Å². The molecule has 0 saturated heterocycles. The van der Waals surface area contributed by atoms with Crippen molar-refractivity contribution in [2.75, 3.05) is 7.05 Å². The van der Waals surface area contributed by atoms with Gasteiger partial charge in [-0.15, -0.1) is 0 Å². The van der Waals surface area contributed by atoms with Gasteiger partial charge in [-0.1, -0.05) is 30.3 Å². The van der Waals surface area contributed by atoms with Gasteiger partial charge < -0.3 is 4.90 Å². The van der Waals surface area contributed by atoms with Crippen molar-refractivity contribution in [3.8, 4) is 0 Å². The molecular formula is C9H11N2. The highest BCUT2D eigenvalue weighted by atomic mass is 15.1. The Morgan fingerprint density at radius 2 is 2.00 bits per heavy atom. The third kappa shape index (κ3) is 2.42. The molecule has 0 bridgehead atoms. The van der Waals surface area contributed by atoms with Crippen molar-refractivity contribution in [1.29, 1.82) is 5.41 Å². The van der Waals surface area contributed by atoms with Crippen LogP contribution in [0, 0.1) is 5.41 Å². The Morgan fingerprint density at radius 3 is 2.55 bits per heavy atom. The normalized spacial score (nSPS) is 9.18. The van der Waals surface area contributed by atoms with Crippen LogP contribution in [0.4, 0.5) is 0 Å². The van der Waals surface area contributed by atoms with E-state index in [1.54, 1.807) is 4.90 Å². The number of rotatable bonds is 3. The minimum absolute atomic E-state index is 0.754. The molecule has 1 radical (unpaired) electrons. The molecule has 1 N–H and O–H groups in total. The lowest BCUT2D eigenvalue weighted by Gasteiger charge is -2.09. The van der Waals surface area contributed by atoms with Gasteiger partial charge in [0.15, 0.2) is 6.34 Å². The summed E-state index contributed by atoms with van der Waals surface area (Å²) < 4.78 is 0. The first-order chi connectivity index (χ1) is 5.33. The zero-order valence-electron chi connectivity index (χ0n) is 6.54. The van der Waals surface area contributed by atoms with E-state index in [4.69, 9.17) is 5.41 Å². The van der Waals surface area contributed by atoms with Gasteiger partial charge in [-0.25, -0.2) is 0 Å². The molecule has 0 unspecified atom stereocenters. The van der Waals surface area contributed by atoms with Gasteiger partial charge in [0.25, 0.3) is 0 Å². The Labute approximate surface area is 67.0 Å². The van der Waals surface area contributed by atoms with E-state index in [-0.39, 0.29) is 0 Å². The average molecular weight is 147 g/mol. The second-order valence-corrected chi connectivity index (χ2v) is 2.45. The van der Waals surface area contributed by atoms with E-state index in [1.807, 2.05) is 37.4 Å². The summed E-state index contributed by atoms with van der Waals surface area (Å²) in [6, 6.07) is 10.0. The highest BCUT2D eigenvalue weighted by Gasteiger charge is 1.93. The van der Waals surface area contributed by atoms with Gasteiger partial charge in [-0.05, 0) is 5.56 Å². The SMILES string of the molecule is CN([C]=N)Cc1ccccc1. The largest absolute Gasteiger partial charge is 0.353 e. The van der Waals surface area contributed by atoms with Crippen LogP contribution < -0.4 is 0 Å². The molecule has 1 rings (SSSR count). The summed E-state index contributed by atoms with van der Waals surface area (Å²) in [5, 5.41) is 6.83. The van der Waals surface area contributed by atoms with Crippen molar-refractivity contribution in [2.24, 2.45) is 0 Å². The number of nitrogens with zero attached hydrogens (tertiary/aromatic N) is 1. The lowest BCUT2D eigenvalue weighted by atomic mass is 10.2. The van der Waals surface area contributed by atoms with E-state index in [2.05, 4.69) is 6.34 Å². The molecule has 0 aromatic heterocycles. The zero-order chi connectivity index (χ0) is 8.10. The average Bonchev–Trinajstić information content (AvgIpc) is 2.06. The molecule has 0 spiro atoms. The molecule has 0 fully saturated rings. The smallest absolute Gasteiger partial charge is 0.163 e. The van der Waals surface area contributed by atoms with Crippen LogP contribution in [0.25, 0.3) is 0 Å². The third-order valence-electron chi connectivity index (χ3n) is 1.45. The van der Waals surface area contributed by atoms with Gasteiger partial charge in [-0.2, -0.15) is 0 Å². The molecule has 1 aromatic rings.